The Morgan fingerprint density at radius 1 is 1.13 bits per heavy atom. The maximum absolute atomic E-state index is 13.1. The van der Waals surface area contributed by atoms with E-state index in [1.54, 1.807) is 30.5 Å². The lowest BCUT2D eigenvalue weighted by Gasteiger charge is -2.20. The number of sulfone groups is 1. The molecule has 2 aliphatic carbocycles. The summed E-state index contributed by atoms with van der Waals surface area (Å²) < 4.78 is 24.9. The van der Waals surface area contributed by atoms with E-state index in [0.29, 0.717) is 42.8 Å². The molecule has 1 amide bonds. The second-order valence-electron chi connectivity index (χ2n) is 8.28. The predicted molar refractivity (Wildman–Crippen MR) is 112 cm³/mol. The van der Waals surface area contributed by atoms with E-state index in [2.05, 4.69) is 15.3 Å². The Labute approximate surface area is 176 Å². The van der Waals surface area contributed by atoms with Gasteiger partial charge in [0.25, 0.3) is 0 Å². The van der Waals surface area contributed by atoms with Gasteiger partial charge in [0, 0.05) is 12.8 Å². The van der Waals surface area contributed by atoms with Crippen molar-refractivity contribution in [3.05, 3.63) is 47.9 Å². The number of carbonyl (C=O) groups excluding carboxylic acids is 2. The molecule has 2 aromatic rings. The zero-order valence-corrected chi connectivity index (χ0v) is 17.7. The minimum atomic E-state index is -3.27. The number of anilines is 1. The quantitative estimate of drug-likeness (QED) is 0.727. The Bertz CT molecular complexity index is 1040. The number of nitrogens with zero attached hydrogens (tertiary/aromatic N) is 2. The number of nitrogens with one attached hydrogen (secondary N) is 1. The lowest BCUT2D eigenvalue weighted by Crippen LogP contribution is -2.24. The third kappa shape index (κ3) is 4.59. The number of carbonyl (C=O) groups is 2. The van der Waals surface area contributed by atoms with Crippen LogP contribution in [0.25, 0.3) is 0 Å². The molecule has 1 aromatic carbocycles. The fourth-order valence-corrected chi connectivity index (χ4v) is 5.61. The summed E-state index contributed by atoms with van der Waals surface area (Å²) in [6.45, 7) is 1.82. The van der Waals surface area contributed by atoms with Crippen molar-refractivity contribution in [2.45, 2.75) is 61.5 Å². The molecule has 1 unspecified atom stereocenters. The Morgan fingerprint density at radius 2 is 1.87 bits per heavy atom. The molecule has 4 rings (SSSR count). The van der Waals surface area contributed by atoms with E-state index < -0.39 is 15.8 Å². The average Bonchev–Trinajstić information content (AvgIpc) is 3.51. The van der Waals surface area contributed by atoms with Crippen LogP contribution in [0.2, 0.25) is 0 Å². The van der Waals surface area contributed by atoms with Gasteiger partial charge in [0.15, 0.2) is 15.7 Å². The maximum Gasteiger partial charge on any atom is 0.233 e. The summed E-state index contributed by atoms with van der Waals surface area (Å²) in [5.74, 6) is 0.0136. The molecule has 2 saturated carbocycles. The largest absolute Gasteiger partial charge is 0.309 e. The molecule has 0 radical (unpaired) electrons. The highest BCUT2D eigenvalue weighted by Crippen LogP contribution is 2.36. The van der Waals surface area contributed by atoms with Crippen molar-refractivity contribution < 1.29 is 18.0 Å². The first kappa shape index (κ1) is 20.7. The van der Waals surface area contributed by atoms with Crippen LogP contribution in [0.15, 0.2) is 41.6 Å². The van der Waals surface area contributed by atoms with E-state index in [9.17, 15) is 18.0 Å². The van der Waals surface area contributed by atoms with Crippen LogP contribution in [-0.2, 0) is 19.4 Å². The number of ketones is 1. The Kier molecular flexibility index (Phi) is 5.69. The number of aryl methyl sites for hydroxylation is 1. The number of benzene rings is 1. The molecule has 8 heteroatoms. The van der Waals surface area contributed by atoms with Crippen molar-refractivity contribution in [3.8, 4) is 0 Å². The van der Waals surface area contributed by atoms with E-state index >= 15 is 0 Å². The van der Waals surface area contributed by atoms with Crippen molar-refractivity contribution in [1.82, 2.24) is 9.97 Å². The SMILES string of the molecule is Cc1cnc(NC(=O)C(C[C@H]2CCC(=O)C2)c2ccc(S(=O)(=O)C3CC3)cc2)cn1. The maximum atomic E-state index is 13.1. The van der Waals surface area contributed by atoms with Crippen LogP contribution in [0.3, 0.4) is 0 Å². The molecule has 2 fully saturated rings. The Hall–Kier alpha value is -2.61. The van der Waals surface area contributed by atoms with Crippen LogP contribution >= 0.6 is 0 Å². The lowest BCUT2D eigenvalue weighted by molar-refractivity contribution is -0.119. The van der Waals surface area contributed by atoms with E-state index in [0.717, 1.165) is 17.7 Å². The smallest absolute Gasteiger partial charge is 0.233 e. The first-order valence-electron chi connectivity index (χ1n) is 10.3. The van der Waals surface area contributed by atoms with Crippen LogP contribution in [-0.4, -0.2) is 35.3 Å². The summed E-state index contributed by atoms with van der Waals surface area (Å²) >= 11 is 0. The minimum Gasteiger partial charge on any atom is -0.309 e. The molecule has 2 aliphatic rings. The van der Waals surface area contributed by atoms with Crippen LogP contribution in [0, 0.1) is 12.8 Å². The van der Waals surface area contributed by atoms with Crippen LogP contribution in [0.5, 0.6) is 0 Å². The van der Waals surface area contributed by atoms with Gasteiger partial charge in [0.05, 0.1) is 34.2 Å². The average molecular weight is 428 g/mol. The number of Topliss-reactive ketones (excluding diaryl/α,β-unsaturated/α-hetero) is 1. The number of aromatic nitrogens is 2. The molecule has 2 atom stereocenters. The van der Waals surface area contributed by atoms with Gasteiger partial charge in [-0.1, -0.05) is 12.1 Å². The lowest BCUT2D eigenvalue weighted by atomic mass is 9.87. The molecule has 158 valence electrons. The highest BCUT2D eigenvalue weighted by atomic mass is 32.2. The van der Waals surface area contributed by atoms with Gasteiger partial charge in [-0.25, -0.2) is 13.4 Å². The predicted octanol–water partition coefficient (Wildman–Crippen LogP) is 3.20. The summed E-state index contributed by atoms with van der Waals surface area (Å²) in [6, 6.07) is 6.62. The van der Waals surface area contributed by atoms with Gasteiger partial charge in [0.1, 0.15) is 5.78 Å². The third-order valence-electron chi connectivity index (χ3n) is 5.84. The summed E-state index contributed by atoms with van der Waals surface area (Å²) in [5, 5.41) is 2.54. The van der Waals surface area contributed by atoms with Gasteiger partial charge in [-0.3, -0.25) is 14.6 Å². The second kappa shape index (κ2) is 8.26. The third-order valence-corrected chi connectivity index (χ3v) is 8.12. The highest BCUT2D eigenvalue weighted by Gasteiger charge is 2.37. The summed E-state index contributed by atoms with van der Waals surface area (Å²) in [4.78, 5) is 33.4. The van der Waals surface area contributed by atoms with E-state index in [-0.39, 0.29) is 22.9 Å². The first-order chi connectivity index (χ1) is 14.3. The summed E-state index contributed by atoms with van der Waals surface area (Å²) in [5.41, 5.74) is 1.49. The molecule has 1 heterocycles. The normalized spacial score (nSPS) is 20.2. The van der Waals surface area contributed by atoms with Crippen LogP contribution < -0.4 is 5.32 Å². The van der Waals surface area contributed by atoms with E-state index in [4.69, 9.17) is 0 Å². The highest BCUT2D eigenvalue weighted by molar-refractivity contribution is 7.92. The molecule has 1 aromatic heterocycles. The van der Waals surface area contributed by atoms with E-state index in [1.807, 2.05) is 6.92 Å². The Morgan fingerprint density at radius 3 is 2.43 bits per heavy atom. The van der Waals surface area contributed by atoms with Crippen molar-refractivity contribution >= 4 is 27.3 Å². The molecule has 1 N–H and O–H groups in total. The van der Waals surface area contributed by atoms with Gasteiger partial charge >= 0.3 is 0 Å². The van der Waals surface area contributed by atoms with Crippen molar-refractivity contribution in [3.63, 3.8) is 0 Å². The van der Waals surface area contributed by atoms with E-state index in [1.165, 1.54) is 6.20 Å². The molecule has 30 heavy (non-hydrogen) atoms. The fourth-order valence-electron chi connectivity index (χ4n) is 3.95. The monoisotopic (exact) mass is 427 g/mol. The van der Waals surface area contributed by atoms with Crippen molar-refractivity contribution in [2.24, 2.45) is 5.92 Å². The standard InChI is InChI=1S/C22H25N3O4S/c1-14-12-24-21(13-23-14)25-22(27)20(11-15-2-5-17(26)10-15)16-3-6-18(7-4-16)30(28,29)19-8-9-19/h3-4,6-7,12-13,15,19-20H,2,5,8-11H2,1H3,(H,24,25,27)/t15-,20?/m0/s1. The second-order valence-corrected chi connectivity index (χ2v) is 10.5. The molecule has 0 bridgehead atoms. The summed E-state index contributed by atoms with van der Waals surface area (Å²) in [7, 11) is -3.27. The van der Waals surface area contributed by atoms with Crippen molar-refractivity contribution in [2.75, 3.05) is 5.32 Å². The Balaban J connectivity index is 1.56. The van der Waals surface area contributed by atoms with Crippen LogP contribution in [0.1, 0.15) is 55.7 Å². The number of hydrogen-bond acceptors (Lipinski definition) is 6. The van der Waals surface area contributed by atoms with Gasteiger partial charge in [0.2, 0.25) is 5.91 Å². The molecule has 0 saturated heterocycles. The molecular weight excluding hydrogens is 402 g/mol. The van der Waals surface area contributed by atoms with Gasteiger partial charge < -0.3 is 5.32 Å². The van der Waals surface area contributed by atoms with Crippen molar-refractivity contribution in [1.29, 1.82) is 0 Å². The van der Waals surface area contributed by atoms with Gasteiger partial charge in [-0.15, -0.1) is 0 Å². The topological polar surface area (TPSA) is 106 Å². The molecule has 0 aliphatic heterocycles. The van der Waals surface area contributed by atoms with Crippen LogP contribution in [0.4, 0.5) is 5.82 Å². The minimum absolute atomic E-state index is 0.146. The number of hydrogen-bond donors (Lipinski definition) is 1. The van der Waals surface area contributed by atoms with Gasteiger partial charge in [-0.2, -0.15) is 0 Å². The summed E-state index contributed by atoms with van der Waals surface area (Å²) in [6.07, 6.45) is 6.87. The molecular formula is C22H25N3O4S. The number of amides is 1. The molecule has 7 nitrogen and oxygen atoms in total. The zero-order chi connectivity index (χ0) is 21.3. The fraction of sp³-hybridized carbons (Fsp3) is 0.455. The number of rotatable bonds is 7. The first-order valence-corrected chi connectivity index (χ1v) is 11.8. The van der Waals surface area contributed by atoms with Gasteiger partial charge in [-0.05, 0) is 56.2 Å². The molecule has 0 spiro atoms. The zero-order valence-electron chi connectivity index (χ0n) is 16.9.